The first-order chi connectivity index (χ1) is 9.54. The molecule has 1 unspecified atom stereocenters. The predicted octanol–water partition coefficient (Wildman–Crippen LogP) is 6.15. The Morgan fingerprint density at radius 2 is 1.95 bits per heavy atom. The summed E-state index contributed by atoms with van der Waals surface area (Å²) in [5, 5.41) is 0. The monoisotopic (exact) mass is 338 g/mol. The van der Waals surface area contributed by atoms with Gasteiger partial charge in [-0.25, -0.2) is 0 Å². The molecule has 0 saturated carbocycles. The van der Waals surface area contributed by atoms with E-state index in [0.29, 0.717) is 4.83 Å². The van der Waals surface area contributed by atoms with E-state index in [9.17, 15) is 0 Å². The Hall–Kier alpha value is -0.500. The predicted molar refractivity (Wildman–Crippen MR) is 90.0 cm³/mol. The molecule has 0 bridgehead atoms. The third-order valence-corrected chi connectivity index (χ3v) is 5.23. The Morgan fingerprint density at radius 3 is 2.70 bits per heavy atom. The molecule has 0 spiro atoms. The van der Waals surface area contributed by atoms with E-state index < -0.39 is 0 Å². The standard InChI is InChI=1S/C18H27BrO/c1-4-5-6-7-8-9-16(19)14-10-11-17-15(12-14)18(2,3)13-20-17/h10-12,16H,4-9,13H2,1-3H3. The van der Waals surface area contributed by atoms with Crippen LogP contribution in [0.1, 0.15) is 75.3 Å². The van der Waals surface area contributed by atoms with Crippen LogP contribution >= 0.6 is 15.9 Å². The first-order valence-electron chi connectivity index (χ1n) is 7.96. The minimum absolute atomic E-state index is 0.152. The van der Waals surface area contributed by atoms with Gasteiger partial charge in [0.1, 0.15) is 5.75 Å². The molecule has 1 aliphatic heterocycles. The number of ether oxygens (including phenoxy) is 1. The maximum atomic E-state index is 5.76. The van der Waals surface area contributed by atoms with Crippen molar-refractivity contribution in [2.24, 2.45) is 0 Å². The van der Waals surface area contributed by atoms with Crippen molar-refractivity contribution in [2.45, 2.75) is 69.5 Å². The van der Waals surface area contributed by atoms with Gasteiger partial charge in [-0.3, -0.25) is 0 Å². The lowest BCUT2D eigenvalue weighted by molar-refractivity contribution is 0.291. The Labute approximate surface area is 132 Å². The van der Waals surface area contributed by atoms with E-state index in [1.54, 1.807) is 0 Å². The summed E-state index contributed by atoms with van der Waals surface area (Å²) in [4.78, 5) is 0.478. The van der Waals surface area contributed by atoms with E-state index in [4.69, 9.17) is 4.74 Å². The topological polar surface area (TPSA) is 9.23 Å². The molecule has 0 saturated heterocycles. The van der Waals surface area contributed by atoms with Crippen LogP contribution in [0.15, 0.2) is 18.2 Å². The quantitative estimate of drug-likeness (QED) is 0.427. The maximum absolute atomic E-state index is 5.76. The lowest BCUT2D eigenvalue weighted by Gasteiger charge is -2.17. The zero-order valence-electron chi connectivity index (χ0n) is 13.0. The molecule has 1 nitrogen and oxygen atoms in total. The fourth-order valence-corrected chi connectivity index (χ4v) is 3.44. The minimum Gasteiger partial charge on any atom is -0.492 e. The molecule has 1 heterocycles. The zero-order valence-corrected chi connectivity index (χ0v) is 14.6. The molecule has 1 aromatic carbocycles. The summed E-state index contributed by atoms with van der Waals surface area (Å²) < 4.78 is 5.76. The van der Waals surface area contributed by atoms with Crippen LogP contribution in [0.2, 0.25) is 0 Å². The van der Waals surface area contributed by atoms with Gasteiger partial charge >= 0.3 is 0 Å². The molecule has 2 rings (SSSR count). The van der Waals surface area contributed by atoms with Crippen molar-refractivity contribution in [1.29, 1.82) is 0 Å². The summed E-state index contributed by atoms with van der Waals surface area (Å²) in [7, 11) is 0. The normalized spacial score (nSPS) is 17.6. The van der Waals surface area contributed by atoms with Crippen molar-refractivity contribution in [3.63, 3.8) is 0 Å². The second kappa shape index (κ2) is 6.98. The Morgan fingerprint density at radius 1 is 1.20 bits per heavy atom. The molecular formula is C18H27BrO. The molecule has 0 radical (unpaired) electrons. The average molecular weight is 339 g/mol. The fraction of sp³-hybridized carbons (Fsp3) is 0.667. The number of benzene rings is 1. The SMILES string of the molecule is CCCCCCCC(Br)c1ccc2c(c1)C(C)(C)CO2. The van der Waals surface area contributed by atoms with E-state index in [1.165, 1.54) is 49.7 Å². The Bertz CT molecular complexity index is 439. The van der Waals surface area contributed by atoms with Crippen molar-refractivity contribution < 1.29 is 4.74 Å². The molecule has 1 aliphatic rings. The van der Waals surface area contributed by atoms with E-state index in [-0.39, 0.29) is 5.41 Å². The summed E-state index contributed by atoms with van der Waals surface area (Å²) in [5.74, 6) is 1.07. The van der Waals surface area contributed by atoms with Crippen LogP contribution in [0, 0.1) is 0 Å². The largest absolute Gasteiger partial charge is 0.492 e. The third-order valence-electron chi connectivity index (χ3n) is 4.24. The first-order valence-corrected chi connectivity index (χ1v) is 8.87. The van der Waals surface area contributed by atoms with Crippen LogP contribution in [0.3, 0.4) is 0 Å². The molecule has 0 amide bonds. The molecule has 1 aromatic rings. The van der Waals surface area contributed by atoms with Crippen LogP contribution in [-0.2, 0) is 5.41 Å². The zero-order chi connectivity index (χ0) is 14.6. The van der Waals surface area contributed by atoms with Crippen molar-refractivity contribution in [1.82, 2.24) is 0 Å². The molecule has 0 fully saturated rings. The van der Waals surface area contributed by atoms with E-state index in [1.807, 2.05) is 0 Å². The minimum atomic E-state index is 0.152. The highest BCUT2D eigenvalue weighted by Gasteiger charge is 2.32. The number of fused-ring (bicyclic) bond motifs is 1. The van der Waals surface area contributed by atoms with Crippen molar-refractivity contribution >= 4 is 15.9 Å². The van der Waals surface area contributed by atoms with E-state index in [0.717, 1.165) is 12.4 Å². The first kappa shape index (κ1) is 15.9. The summed E-state index contributed by atoms with van der Waals surface area (Å²) in [6, 6.07) is 6.70. The summed E-state index contributed by atoms with van der Waals surface area (Å²) >= 11 is 3.86. The Balaban J connectivity index is 1.93. The third kappa shape index (κ3) is 3.78. The van der Waals surface area contributed by atoms with Gasteiger partial charge in [-0.15, -0.1) is 0 Å². The van der Waals surface area contributed by atoms with E-state index in [2.05, 4.69) is 54.9 Å². The van der Waals surface area contributed by atoms with Gasteiger partial charge in [-0.05, 0) is 18.1 Å². The van der Waals surface area contributed by atoms with Crippen molar-refractivity contribution in [3.05, 3.63) is 29.3 Å². The number of unbranched alkanes of at least 4 members (excludes halogenated alkanes) is 4. The number of hydrogen-bond acceptors (Lipinski definition) is 1. The van der Waals surface area contributed by atoms with Crippen LogP contribution in [0.25, 0.3) is 0 Å². The number of alkyl halides is 1. The second-order valence-electron chi connectivity index (χ2n) is 6.60. The lowest BCUT2D eigenvalue weighted by Crippen LogP contribution is -2.18. The fourth-order valence-electron chi connectivity index (χ4n) is 2.83. The highest BCUT2D eigenvalue weighted by atomic mass is 79.9. The second-order valence-corrected chi connectivity index (χ2v) is 7.70. The number of halogens is 1. The molecule has 1 atom stereocenters. The van der Waals surface area contributed by atoms with Gasteiger partial charge in [0.2, 0.25) is 0 Å². The van der Waals surface area contributed by atoms with Gasteiger partial charge in [-0.1, -0.05) is 80.9 Å². The molecular weight excluding hydrogens is 312 g/mol. The molecule has 112 valence electrons. The molecule has 0 aliphatic carbocycles. The van der Waals surface area contributed by atoms with E-state index >= 15 is 0 Å². The highest BCUT2D eigenvalue weighted by Crippen LogP contribution is 2.41. The lowest BCUT2D eigenvalue weighted by atomic mass is 9.85. The van der Waals surface area contributed by atoms with Crippen molar-refractivity contribution in [3.8, 4) is 5.75 Å². The summed E-state index contributed by atoms with van der Waals surface area (Å²) in [6.45, 7) is 7.59. The molecule has 0 aromatic heterocycles. The van der Waals surface area contributed by atoms with Gasteiger partial charge < -0.3 is 4.74 Å². The smallest absolute Gasteiger partial charge is 0.123 e. The van der Waals surface area contributed by atoms with Crippen LogP contribution in [0.5, 0.6) is 5.75 Å². The summed E-state index contributed by atoms with van der Waals surface area (Å²) in [5.41, 5.74) is 2.92. The van der Waals surface area contributed by atoms with Crippen LogP contribution < -0.4 is 4.74 Å². The van der Waals surface area contributed by atoms with Gasteiger partial charge in [0.15, 0.2) is 0 Å². The molecule has 2 heteroatoms. The molecule has 0 N–H and O–H groups in total. The van der Waals surface area contributed by atoms with Gasteiger partial charge in [-0.2, -0.15) is 0 Å². The van der Waals surface area contributed by atoms with Crippen molar-refractivity contribution in [2.75, 3.05) is 6.61 Å². The molecule has 20 heavy (non-hydrogen) atoms. The van der Waals surface area contributed by atoms with Gasteiger partial charge in [0, 0.05) is 15.8 Å². The average Bonchev–Trinajstić information content (AvgIpc) is 2.74. The van der Waals surface area contributed by atoms with Crippen LogP contribution in [0.4, 0.5) is 0 Å². The number of rotatable bonds is 7. The van der Waals surface area contributed by atoms with Gasteiger partial charge in [0.05, 0.1) is 6.61 Å². The summed E-state index contributed by atoms with van der Waals surface area (Å²) in [6.07, 6.45) is 7.96. The maximum Gasteiger partial charge on any atom is 0.123 e. The highest BCUT2D eigenvalue weighted by molar-refractivity contribution is 9.09. The van der Waals surface area contributed by atoms with Crippen LogP contribution in [-0.4, -0.2) is 6.61 Å². The van der Waals surface area contributed by atoms with Gasteiger partial charge in [0.25, 0.3) is 0 Å². The Kier molecular flexibility index (Phi) is 5.54. The number of hydrogen-bond donors (Lipinski definition) is 0.